The zero-order valence-electron chi connectivity index (χ0n) is 12.6. The van der Waals surface area contributed by atoms with Crippen LogP contribution in [-0.2, 0) is 10.0 Å². The van der Waals surface area contributed by atoms with Gasteiger partial charge in [-0.1, -0.05) is 23.8 Å². The summed E-state index contributed by atoms with van der Waals surface area (Å²) >= 11 is 0. The Balaban J connectivity index is 2.42. The minimum Gasteiger partial charge on any atom is -0.391 e. The van der Waals surface area contributed by atoms with Crippen molar-refractivity contribution in [3.63, 3.8) is 0 Å². The van der Waals surface area contributed by atoms with E-state index < -0.39 is 22.2 Å². The van der Waals surface area contributed by atoms with Crippen LogP contribution in [0.25, 0.3) is 0 Å². The molecular weight excluding hydrogens is 286 g/mol. The number of aryl methyl sites for hydroxylation is 1. The Hall–Kier alpha value is -1.17. The van der Waals surface area contributed by atoms with Crippen LogP contribution in [0.4, 0.5) is 0 Å². The maximum Gasteiger partial charge on any atom is 0.243 e. The van der Waals surface area contributed by atoms with Gasteiger partial charge >= 0.3 is 0 Å². The highest BCUT2D eigenvalue weighted by Gasteiger charge is 2.41. The first-order chi connectivity index (χ1) is 9.87. The molecule has 1 aromatic rings. The summed E-state index contributed by atoms with van der Waals surface area (Å²) in [5, 5.41) is 10.1. The second-order valence-corrected chi connectivity index (χ2v) is 7.55. The van der Waals surface area contributed by atoms with Crippen LogP contribution in [0.3, 0.4) is 0 Å². The van der Waals surface area contributed by atoms with Gasteiger partial charge in [0.05, 0.1) is 11.0 Å². The zero-order chi connectivity index (χ0) is 15.6. The fourth-order valence-corrected chi connectivity index (χ4v) is 4.78. The maximum atomic E-state index is 12.9. The zero-order valence-corrected chi connectivity index (χ0v) is 13.4. The number of aliphatic hydroxyl groups is 1. The van der Waals surface area contributed by atoms with E-state index in [-0.39, 0.29) is 10.9 Å². The van der Waals surface area contributed by atoms with Gasteiger partial charge in [-0.25, -0.2) is 8.42 Å². The number of benzene rings is 1. The topological polar surface area (TPSA) is 57.6 Å². The number of hydrogen-bond donors (Lipinski definition) is 1. The normalized spacial score (nSPS) is 27.5. The second-order valence-electron chi connectivity index (χ2n) is 5.71. The van der Waals surface area contributed by atoms with E-state index in [0.29, 0.717) is 19.3 Å². The predicted octanol–water partition coefficient (Wildman–Crippen LogP) is 2.47. The molecule has 0 amide bonds. The van der Waals surface area contributed by atoms with E-state index in [1.54, 1.807) is 37.3 Å². The lowest BCUT2D eigenvalue weighted by molar-refractivity contribution is 0.0351. The van der Waals surface area contributed by atoms with Crippen molar-refractivity contribution in [2.75, 3.05) is 0 Å². The molecule has 1 fully saturated rings. The van der Waals surface area contributed by atoms with Crippen LogP contribution in [0.15, 0.2) is 41.8 Å². The Morgan fingerprint density at radius 2 is 1.95 bits per heavy atom. The van der Waals surface area contributed by atoms with E-state index in [1.165, 1.54) is 4.31 Å². The van der Waals surface area contributed by atoms with Crippen LogP contribution in [0.1, 0.15) is 31.7 Å². The minimum atomic E-state index is -3.61. The van der Waals surface area contributed by atoms with Crippen LogP contribution in [-0.4, -0.2) is 36.0 Å². The fourth-order valence-electron chi connectivity index (χ4n) is 2.89. The summed E-state index contributed by atoms with van der Waals surface area (Å²) in [7, 11) is -3.61. The predicted molar refractivity (Wildman–Crippen MR) is 83.5 cm³/mol. The minimum absolute atomic E-state index is 0.132. The summed E-state index contributed by atoms with van der Waals surface area (Å²) in [5.41, 5.74) is 1.02. The summed E-state index contributed by atoms with van der Waals surface area (Å²) in [4.78, 5) is 0.281. The fraction of sp³-hybridized carbons (Fsp3) is 0.500. The highest BCUT2D eigenvalue weighted by Crippen LogP contribution is 2.31. The quantitative estimate of drug-likeness (QED) is 0.869. The van der Waals surface area contributed by atoms with Crippen LogP contribution in [0.2, 0.25) is 0 Å². The SMILES string of the molecule is C=CC[C@@H]1CC[C@H](O)[C@@H](C)N1S(=O)(=O)c1ccc(C)cc1. The number of nitrogens with zero attached hydrogens (tertiary/aromatic N) is 1. The third-order valence-corrected chi connectivity index (χ3v) is 6.20. The van der Waals surface area contributed by atoms with E-state index in [4.69, 9.17) is 0 Å². The molecule has 21 heavy (non-hydrogen) atoms. The van der Waals surface area contributed by atoms with Gasteiger partial charge in [0, 0.05) is 12.1 Å². The van der Waals surface area contributed by atoms with E-state index in [0.717, 1.165) is 5.56 Å². The maximum absolute atomic E-state index is 12.9. The highest BCUT2D eigenvalue weighted by atomic mass is 32.2. The number of piperidine rings is 1. The van der Waals surface area contributed by atoms with Crippen LogP contribution in [0, 0.1) is 6.92 Å². The van der Waals surface area contributed by atoms with E-state index in [1.807, 2.05) is 6.92 Å². The Kier molecular flexibility index (Phi) is 4.86. The van der Waals surface area contributed by atoms with E-state index in [2.05, 4.69) is 6.58 Å². The average Bonchev–Trinajstić information content (AvgIpc) is 2.43. The van der Waals surface area contributed by atoms with Gasteiger partial charge in [-0.05, 0) is 45.2 Å². The third kappa shape index (κ3) is 3.20. The molecule has 1 aliphatic heterocycles. The standard InChI is InChI=1S/C16H23NO3S/c1-4-5-14-8-11-16(18)13(3)17(14)21(19,20)15-9-6-12(2)7-10-15/h4,6-7,9-10,13-14,16,18H,1,5,8,11H2,2-3H3/t13-,14-,16+/m1/s1. The molecule has 1 heterocycles. The summed E-state index contributed by atoms with van der Waals surface area (Å²) in [6.07, 6.45) is 3.00. The summed E-state index contributed by atoms with van der Waals surface area (Å²) in [6, 6.07) is 6.29. The molecule has 0 aliphatic carbocycles. The lowest BCUT2D eigenvalue weighted by Gasteiger charge is -2.41. The van der Waals surface area contributed by atoms with E-state index >= 15 is 0 Å². The molecule has 0 radical (unpaired) electrons. The van der Waals surface area contributed by atoms with Crippen LogP contribution >= 0.6 is 0 Å². The van der Waals surface area contributed by atoms with Crippen molar-refractivity contribution < 1.29 is 13.5 Å². The van der Waals surface area contributed by atoms with Crippen molar-refractivity contribution in [1.82, 2.24) is 4.31 Å². The Morgan fingerprint density at radius 3 is 2.52 bits per heavy atom. The van der Waals surface area contributed by atoms with Crippen molar-refractivity contribution in [2.24, 2.45) is 0 Å². The van der Waals surface area contributed by atoms with E-state index in [9.17, 15) is 13.5 Å². The first-order valence-electron chi connectivity index (χ1n) is 7.27. The van der Waals surface area contributed by atoms with Gasteiger partial charge in [0.2, 0.25) is 10.0 Å². The molecule has 1 saturated heterocycles. The average molecular weight is 309 g/mol. The van der Waals surface area contributed by atoms with Crippen LogP contribution in [0.5, 0.6) is 0 Å². The second kappa shape index (κ2) is 6.30. The Labute approximate surface area is 127 Å². The molecule has 0 spiro atoms. The molecule has 0 saturated carbocycles. The van der Waals surface area contributed by atoms with Gasteiger partial charge in [0.1, 0.15) is 0 Å². The third-order valence-electron chi connectivity index (χ3n) is 4.15. The molecule has 5 heteroatoms. The number of rotatable bonds is 4. The smallest absolute Gasteiger partial charge is 0.243 e. The molecule has 4 nitrogen and oxygen atoms in total. The Bertz CT molecular complexity index is 594. The van der Waals surface area contributed by atoms with Gasteiger partial charge in [-0.2, -0.15) is 4.31 Å². The highest BCUT2D eigenvalue weighted by molar-refractivity contribution is 7.89. The molecule has 2 rings (SSSR count). The lowest BCUT2D eigenvalue weighted by atomic mass is 9.95. The van der Waals surface area contributed by atoms with Gasteiger partial charge in [0.15, 0.2) is 0 Å². The largest absolute Gasteiger partial charge is 0.391 e. The molecule has 1 N–H and O–H groups in total. The van der Waals surface area contributed by atoms with Gasteiger partial charge in [-0.15, -0.1) is 6.58 Å². The number of sulfonamides is 1. The van der Waals surface area contributed by atoms with Crippen molar-refractivity contribution in [1.29, 1.82) is 0 Å². The van der Waals surface area contributed by atoms with Crippen molar-refractivity contribution in [3.05, 3.63) is 42.5 Å². The summed E-state index contributed by atoms with van der Waals surface area (Å²) < 4.78 is 27.3. The first-order valence-corrected chi connectivity index (χ1v) is 8.71. The summed E-state index contributed by atoms with van der Waals surface area (Å²) in [5.74, 6) is 0. The summed E-state index contributed by atoms with van der Waals surface area (Å²) in [6.45, 7) is 7.41. The molecule has 0 unspecified atom stereocenters. The van der Waals surface area contributed by atoms with Gasteiger partial charge < -0.3 is 5.11 Å². The molecule has 3 atom stereocenters. The number of aliphatic hydroxyl groups excluding tert-OH is 1. The van der Waals surface area contributed by atoms with Crippen molar-refractivity contribution in [2.45, 2.75) is 56.2 Å². The molecule has 0 aromatic heterocycles. The van der Waals surface area contributed by atoms with Crippen LogP contribution < -0.4 is 0 Å². The lowest BCUT2D eigenvalue weighted by Crippen LogP contribution is -2.54. The van der Waals surface area contributed by atoms with Gasteiger partial charge in [-0.3, -0.25) is 0 Å². The molecule has 1 aromatic carbocycles. The molecular formula is C16H23NO3S. The monoisotopic (exact) mass is 309 g/mol. The molecule has 0 bridgehead atoms. The first kappa shape index (κ1) is 16.2. The van der Waals surface area contributed by atoms with Gasteiger partial charge in [0.25, 0.3) is 0 Å². The van der Waals surface area contributed by atoms with Crippen molar-refractivity contribution >= 4 is 10.0 Å². The Morgan fingerprint density at radius 1 is 1.33 bits per heavy atom. The molecule has 1 aliphatic rings. The number of hydrogen-bond acceptors (Lipinski definition) is 3. The molecule has 116 valence electrons. The van der Waals surface area contributed by atoms with Crippen molar-refractivity contribution in [3.8, 4) is 0 Å².